The van der Waals surface area contributed by atoms with Crippen molar-refractivity contribution in [2.45, 2.75) is 11.4 Å². The Bertz CT molecular complexity index is 992. The van der Waals surface area contributed by atoms with E-state index in [1.807, 2.05) is 78.9 Å². The van der Waals surface area contributed by atoms with Crippen molar-refractivity contribution in [3.05, 3.63) is 88.9 Å². The molecule has 6 heteroatoms. The zero-order valence-corrected chi connectivity index (χ0v) is 16.5. The van der Waals surface area contributed by atoms with Gasteiger partial charge in [0.15, 0.2) is 0 Å². The first-order valence-electron chi connectivity index (χ1n) is 8.43. The largest absolute Gasteiger partial charge is 0.302 e. The summed E-state index contributed by atoms with van der Waals surface area (Å²) in [6.45, 7) is 0. The van der Waals surface area contributed by atoms with E-state index in [9.17, 15) is 4.79 Å². The van der Waals surface area contributed by atoms with Gasteiger partial charge < -0.3 is 4.90 Å². The SMILES string of the molecule is O=C1C(Cl)C(c2cccc(Br)c2)N1c1ccc(N=Nc2ccccc2)cc1. The van der Waals surface area contributed by atoms with E-state index in [-0.39, 0.29) is 11.9 Å². The molecule has 3 aromatic carbocycles. The number of alkyl halides is 1. The van der Waals surface area contributed by atoms with Crippen LogP contribution in [-0.4, -0.2) is 11.3 Å². The summed E-state index contributed by atoms with van der Waals surface area (Å²) in [7, 11) is 0. The Morgan fingerprint density at radius 1 is 0.852 bits per heavy atom. The number of benzene rings is 3. The minimum Gasteiger partial charge on any atom is -0.302 e. The second kappa shape index (κ2) is 7.62. The number of azo groups is 1. The quantitative estimate of drug-likeness (QED) is 0.257. The lowest BCUT2D eigenvalue weighted by Crippen LogP contribution is -2.56. The lowest BCUT2D eigenvalue weighted by molar-refractivity contribution is -0.123. The summed E-state index contributed by atoms with van der Waals surface area (Å²) in [6, 6.07) is 24.6. The molecule has 1 saturated heterocycles. The van der Waals surface area contributed by atoms with Crippen molar-refractivity contribution in [1.29, 1.82) is 0 Å². The lowest BCUT2D eigenvalue weighted by atomic mass is 9.92. The molecule has 0 radical (unpaired) electrons. The molecule has 134 valence electrons. The number of carbonyl (C=O) groups is 1. The molecule has 2 unspecified atom stereocenters. The molecule has 1 aliphatic rings. The van der Waals surface area contributed by atoms with Crippen molar-refractivity contribution in [2.75, 3.05) is 4.90 Å². The number of rotatable bonds is 4. The molecular formula is C21H15BrClN3O. The molecule has 1 heterocycles. The molecule has 0 aliphatic carbocycles. The van der Waals surface area contributed by atoms with Gasteiger partial charge in [-0.05, 0) is 54.1 Å². The molecule has 0 spiro atoms. The standard InChI is InChI=1S/C21H15BrClN3O/c22-15-6-4-5-14(13-15)20-19(23)21(27)26(20)18-11-9-17(10-12-18)25-24-16-7-2-1-3-8-16/h1-13,19-20H. The minimum atomic E-state index is -0.559. The Labute approximate surface area is 170 Å². The van der Waals surface area contributed by atoms with Crippen LogP contribution in [0.4, 0.5) is 17.1 Å². The Morgan fingerprint density at radius 3 is 2.19 bits per heavy atom. The number of β-lactam (4-membered cyclic amide) rings is 1. The van der Waals surface area contributed by atoms with Gasteiger partial charge in [0.25, 0.3) is 0 Å². The molecule has 2 atom stereocenters. The van der Waals surface area contributed by atoms with Crippen molar-refractivity contribution in [2.24, 2.45) is 10.2 Å². The maximum Gasteiger partial charge on any atom is 0.248 e. The molecule has 0 N–H and O–H groups in total. The van der Waals surface area contributed by atoms with E-state index in [0.29, 0.717) is 0 Å². The Morgan fingerprint density at radius 2 is 1.52 bits per heavy atom. The molecule has 1 aliphatic heterocycles. The molecule has 1 amide bonds. The van der Waals surface area contributed by atoms with Gasteiger partial charge in [0, 0.05) is 10.2 Å². The fourth-order valence-corrected chi connectivity index (χ4v) is 3.82. The van der Waals surface area contributed by atoms with E-state index >= 15 is 0 Å². The van der Waals surface area contributed by atoms with Crippen LogP contribution in [0.15, 0.2) is 93.6 Å². The molecule has 3 aromatic rings. The van der Waals surface area contributed by atoms with Crippen LogP contribution in [-0.2, 0) is 4.79 Å². The second-order valence-electron chi connectivity index (χ2n) is 6.16. The lowest BCUT2D eigenvalue weighted by Gasteiger charge is -2.44. The maximum atomic E-state index is 12.4. The van der Waals surface area contributed by atoms with Gasteiger partial charge >= 0.3 is 0 Å². The predicted octanol–water partition coefficient (Wildman–Crippen LogP) is 6.56. The highest BCUT2D eigenvalue weighted by Crippen LogP contribution is 2.43. The first-order valence-corrected chi connectivity index (χ1v) is 9.66. The van der Waals surface area contributed by atoms with Gasteiger partial charge in [0.05, 0.1) is 17.4 Å². The maximum absolute atomic E-state index is 12.4. The van der Waals surface area contributed by atoms with Gasteiger partial charge in [0.2, 0.25) is 5.91 Å². The molecule has 4 rings (SSSR count). The van der Waals surface area contributed by atoms with Crippen LogP contribution in [0.1, 0.15) is 11.6 Å². The van der Waals surface area contributed by atoms with Crippen molar-refractivity contribution in [3.63, 3.8) is 0 Å². The Hall–Kier alpha value is -2.50. The monoisotopic (exact) mass is 439 g/mol. The summed E-state index contributed by atoms with van der Waals surface area (Å²) in [6.07, 6.45) is 0. The normalized spacial score (nSPS) is 19.3. The predicted molar refractivity (Wildman–Crippen MR) is 111 cm³/mol. The first-order chi connectivity index (χ1) is 13.1. The summed E-state index contributed by atoms with van der Waals surface area (Å²) < 4.78 is 0.958. The average molecular weight is 441 g/mol. The van der Waals surface area contributed by atoms with Crippen molar-refractivity contribution in [3.8, 4) is 0 Å². The summed E-state index contributed by atoms with van der Waals surface area (Å²) >= 11 is 9.78. The van der Waals surface area contributed by atoms with Gasteiger partial charge in [-0.25, -0.2) is 0 Å². The van der Waals surface area contributed by atoms with E-state index in [1.165, 1.54) is 0 Å². The van der Waals surface area contributed by atoms with E-state index in [0.717, 1.165) is 27.1 Å². The van der Waals surface area contributed by atoms with Crippen LogP contribution in [0, 0.1) is 0 Å². The topological polar surface area (TPSA) is 45.0 Å². The van der Waals surface area contributed by atoms with Gasteiger partial charge in [-0.15, -0.1) is 11.6 Å². The summed E-state index contributed by atoms with van der Waals surface area (Å²) in [5, 5.41) is 7.88. The number of hydrogen-bond donors (Lipinski definition) is 0. The van der Waals surface area contributed by atoms with E-state index < -0.39 is 5.38 Å². The Balaban J connectivity index is 1.55. The van der Waals surface area contributed by atoms with Gasteiger partial charge in [-0.2, -0.15) is 10.2 Å². The van der Waals surface area contributed by atoms with Crippen LogP contribution in [0.25, 0.3) is 0 Å². The van der Waals surface area contributed by atoms with Crippen molar-refractivity contribution < 1.29 is 4.79 Å². The van der Waals surface area contributed by atoms with E-state index in [2.05, 4.69) is 26.2 Å². The summed E-state index contributed by atoms with van der Waals surface area (Å²) in [5.74, 6) is -0.0969. The number of anilines is 1. The molecule has 0 aromatic heterocycles. The molecule has 27 heavy (non-hydrogen) atoms. The van der Waals surface area contributed by atoms with Gasteiger partial charge in [0.1, 0.15) is 5.38 Å². The van der Waals surface area contributed by atoms with Crippen LogP contribution < -0.4 is 4.90 Å². The van der Waals surface area contributed by atoms with Crippen LogP contribution >= 0.6 is 27.5 Å². The fourth-order valence-electron chi connectivity index (χ4n) is 3.04. The number of carbonyl (C=O) groups excluding carboxylic acids is 1. The number of nitrogens with zero attached hydrogens (tertiary/aromatic N) is 3. The van der Waals surface area contributed by atoms with Crippen molar-refractivity contribution in [1.82, 2.24) is 0 Å². The highest BCUT2D eigenvalue weighted by atomic mass is 79.9. The molecule has 1 fully saturated rings. The highest BCUT2D eigenvalue weighted by Gasteiger charge is 2.47. The zero-order chi connectivity index (χ0) is 18.8. The van der Waals surface area contributed by atoms with Crippen LogP contribution in [0.3, 0.4) is 0 Å². The molecule has 0 bridgehead atoms. The van der Waals surface area contributed by atoms with Crippen LogP contribution in [0.5, 0.6) is 0 Å². The molecule has 0 saturated carbocycles. The van der Waals surface area contributed by atoms with E-state index in [1.54, 1.807) is 4.90 Å². The number of amides is 1. The molecular weight excluding hydrogens is 426 g/mol. The van der Waals surface area contributed by atoms with Gasteiger partial charge in [-0.1, -0.05) is 46.3 Å². The Kier molecular flexibility index (Phi) is 5.05. The summed E-state index contributed by atoms with van der Waals surface area (Å²) in [4.78, 5) is 14.1. The van der Waals surface area contributed by atoms with E-state index in [4.69, 9.17) is 11.6 Å². The summed E-state index contributed by atoms with van der Waals surface area (Å²) in [5.41, 5.74) is 3.30. The third-order valence-electron chi connectivity index (χ3n) is 4.38. The van der Waals surface area contributed by atoms with Gasteiger partial charge in [-0.3, -0.25) is 4.79 Å². The third-order valence-corrected chi connectivity index (χ3v) is 5.30. The third kappa shape index (κ3) is 3.66. The average Bonchev–Trinajstić information content (AvgIpc) is 2.71. The first kappa shape index (κ1) is 17.9. The zero-order valence-electron chi connectivity index (χ0n) is 14.2. The second-order valence-corrected chi connectivity index (χ2v) is 7.55. The number of hydrogen-bond acceptors (Lipinski definition) is 3. The van der Waals surface area contributed by atoms with Crippen molar-refractivity contribution >= 4 is 50.5 Å². The smallest absolute Gasteiger partial charge is 0.248 e. The highest BCUT2D eigenvalue weighted by molar-refractivity contribution is 9.10. The fraction of sp³-hybridized carbons (Fsp3) is 0.0952. The minimum absolute atomic E-state index is 0.0969. The molecule has 4 nitrogen and oxygen atoms in total. The number of halogens is 2. The van der Waals surface area contributed by atoms with Crippen LogP contribution in [0.2, 0.25) is 0 Å².